The number of nitrogens with one attached hydrogen (secondary N) is 1. The number of rotatable bonds is 6. The van der Waals surface area contributed by atoms with Crippen molar-refractivity contribution in [3.63, 3.8) is 0 Å². The van der Waals surface area contributed by atoms with Crippen molar-refractivity contribution in [2.75, 3.05) is 11.9 Å². The fraction of sp³-hybridized carbons (Fsp3) is 0.286. The van der Waals surface area contributed by atoms with Crippen molar-refractivity contribution in [1.82, 2.24) is 14.5 Å². The predicted molar refractivity (Wildman–Crippen MR) is 145 cm³/mol. The van der Waals surface area contributed by atoms with E-state index < -0.39 is 0 Å². The van der Waals surface area contributed by atoms with Crippen molar-refractivity contribution < 1.29 is 14.3 Å². The molecule has 1 aliphatic heterocycles. The molecule has 2 aromatic carbocycles. The highest BCUT2D eigenvalue weighted by Crippen LogP contribution is 2.28. The minimum atomic E-state index is -0.318. The number of benzene rings is 2. The number of carbonyl (C=O) groups is 2. The average molecular weight is 517 g/mol. The number of fused-ring (bicyclic) bond motifs is 1. The van der Waals surface area contributed by atoms with Gasteiger partial charge < -0.3 is 15.0 Å². The number of anilines is 1. The molecule has 4 aromatic rings. The average Bonchev–Trinajstić information content (AvgIpc) is 3.25. The van der Waals surface area contributed by atoms with E-state index in [4.69, 9.17) is 4.74 Å². The largest absolute Gasteiger partial charge is 0.457 e. The normalized spacial score (nSPS) is 15.5. The lowest BCUT2D eigenvalue weighted by molar-refractivity contribution is -0.135. The Hall–Kier alpha value is -3.98. The van der Waals surface area contributed by atoms with Crippen LogP contribution >= 0.6 is 11.3 Å². The van der Waals surface area contributed by atoms with Gasteiger partial charge in [0.15, 0.2) is 0 Å². The van der Waals surface area contributed by atoms with Crippen LogP contribution < -0.4 is 15.6 Å². The molecule has 0 spiro atoms. The molecule has 1 atom stereocenters. The second kappa shape index (κ2) is 10.6. The number of thiophene rings is 1. The van der Waals surface area contributed by atoms with Crippen LogP contribution in [0.15, 0.2) is 65.7 Å². The molecule has 8 nitrogen and oxygen atoms in total. The van der Waals surface area contributed by atoms with Crippen LogP contribution in [0.3, 0.4) is 0 Å². The fourth-order valence-corrected chi connectivity index (χ4v) is 5.65. The predicted octanol–water partition coefficient (Wildman–Crippen LogP) is 5.21. The van der Waals surface area contributed by atoms with Gasteiger partial charge in [-0.25, -0.2) is 4.98 Å². The monoisotopic (exact) mass is 516 g/mol. The Morgan fingerprint density at radius 1 is 1.08 bits per heavy atom. The second-order valence-electron chi connectivity index (χ2n) is 9.24. The third-order valence-electron chi connectivity index (χ3n) is 6.64. The lowest BCUT2D eigenvalue weighted by Gasteiger charge is -2.33. The first-order valence-corrected chi connectivity index (χ1v) is 13.1. The molecule has 0 bridgehead atoms. The molecule has 0 radical (unpaired) electrons. The number of likely N-dealkylation sites (tertiary alicyclic amines) is 1. The molecule has 1 saturated heterocycles. The summed E-state index contributed by atoms with van der Waals surface area (Å²) in [6, 6.07) is 16.7. The van der Waals surface area contributed by atoms with Gasteiger partial charge >= 0.3 is 0 Å². The second-order valence-corrected chi connectivity index (χ2v) is 10.2. The maximum absolute atomic E-state index is 13.2. The van der Waals surface area contributed by atoms with Crippen LogP contribution in [0, 0.1) is 6.92 Å². The molecule has 0 unspecified atom stereocenters. The van der Waals surface area contributed by atoms with Crippen molar-refractivity contribution in [1.29, 1.82) is 0 Å². The van der Waals surface area contributed by atoms with Crippen LogP contribution in [0.2, 0.25) is 0 Å². The molecule has 1 aliphatic rings. The molecule has 190 valence electrons. The molecule has 37 heavy (non-hydrogen) atoms. The number of hydrogen-bond donors (Lipinski definition) is 1. The van der Waals surface area contributed by atoms with E-state index in [1.165, 1.54) is 22.2 Å². The van der Waals surface area contributed by atoms with E-state index >= 15 is 0 Å². The van der Waals surface area contributed by atoms with Gasteiger partial charge in [-0.15, -0.1) is 11.3 Å². The molecule has 1 fully saturated rings. The van der Waals surface area contributed by atoms with Gasteiger partial charge in [-0.3, -0.25) is 19.0 Å². The standard InChI is InChI=1S/C28H28N4O4S/c1-18-8-6-7-15-32(18)23(33)16-31-17-29-27-24(28(31)35)19(2)25(37-27)26(34)30-20-11-13-22(14-12-20)36-21-9-4-3-5-10-21/h3-5,9-14,17-18H,6-8,15-16H2,1-2H3,(H,30,34)/t18-/m1/s1. The number of amides is 2. The number of aromatic nitrogens is 2. The smallest absolute Gasteiger partial charge is 0.266 e. The summed E-state index contributed by atoms with van der Waals surface area (Å²) in [4.78, 5) is 46.3. The van der Waals surface area contributed by atoms with Crippen molar-refractivity contribution in [3.8, 4) is 11.5 Å². The summed E-state index contributed by atoms with van der Waals surface area (Å²) in [5.41, 5.74) is 0.860. The van der Waals surface area contributed by atoms with E-state index in [1.54, 1.807) is 31.2 Å². The van der Waals surface area contributed by atoms with Gasteiger partial charge in [-0.1, -0.05) is 18.2 Å². The highest BCUT2D eigenvalue weighted by molar-refractivity contribution is 7.20. The number of nitrogens with zero attached hydrogens (tertiary/aromatic N) is 3. The Morgan fingerprint density at radius 2 is 1.81 bits per heavy atom. The van der Waals surface area contributed by atoms with Crippen LogP contribution in [0.25, 0.3) is 10.2 Å². The van der Waals surface area contributed by atoms with Crippen LogP contribution in [0.4, 0.5) is 5.69 Å². The first-order valence-electron chi connectivity index (χ1n) is 12.3. The lowest BCUT2D eigenvalue weighted by atomic mass is 10.0. The lowest BCUT2D eigenvalue weighted by Crippen LogP contribution is -2.44. The Morgan fingerprint density at radius 3 is 2.54 bits per heavy atom. The summed E-state index contributed by atoms with van der Waals surface area (Å²) in [5.74, 6) is 0.980. The minimum Gasteiger partial charge on any atom is -0.457 e. The van der Waals surface area contributed by atoms with Crippen molar-refractivity contribution in [2.24, 2.45) is 0 Å². The van der Waals surface area contributed by atoms with E-state index in [0.29, 0.717) is 38.6 Å². The van der Waals surface area contributed by atoms with Gasteiger partial charge in [0.25, 0.3) is 11.5 Å². The quantitative estimate of drug-likeness (QED) is 0.380. The maximum atomic E-state index is 13.2. The summed E-state index contributed by atoms with van der Waals surface area (Å²) in [7, 11) is 0. The van der Waals surface area contributed by atoms with Crippen molar-refractivity contribution in [2.45, 2.75) is 45.7 Å². The summed E-state index contributed by atoms with van der Waals surface area (Å²) in [5, 5.41) is 3.26. The number of carbonyl (C=O) groups excluding carboxylic acids is 2. The Bertz CT molecular complexity index is 1490. The molecular formula is C28H28N4O4S. The number of hydrogen-bond acceptors (Lipinski definition) is 6. The Balaban J connectivity index is 1.31. The van der Waals surface area contributed by atoms with E-state index in [2.05, 4.69) is 10.3 Å². The molecule has 3 heterocycles. The van der Waals surface area contributed by atoms with Crippen molar-refractivity contribution in [3.05, 3.63) is 81.7 Å². The van der Waals surface area contributed by atoms with Gasteiger partial charge in [0.05, 0.1) is 16.6 Å². The molecule has 5 rings (SSSR count). The molecule has 9 heteroatoms. The number of ether oxygens (including phenoxy) is 1. The summed E-state index contributed by atoms with van der Waals surface area (Å²) < 4.78 is 7.14. The molecule has 1 N–H and O–H groups in total. The van der Waals surface area contributed by atoms with E-state index in [0.717, 1.165) is 25.0 Å². The fourth-order valence-electron chi connectivity index (χ4n) is 4.61. The van der Waals surface area contributed by atoms with Gasteiger partial charge in [0.1, 0.15) is 22.9 Å². The zero-order valence-electron chi connectivity index (χ0n) is 20.8. The molecule has 0 saturated carbocycles. The van der Waals surface area contributed by atoms with E-state index in [1.807, 2.05) is 42.2 Å². The zero-order valence-corrected chi connectivity index (χ0v) is 21.6. The van der Waals surface area contributed by atoms with Gasteiger partial charge in [0, 0.05) is 18.3 Å². The van der Waals surface area contributed by atoms with Gasteiger partial charge in [0.2, 0.25) is 5.91 Å². The third kappa shape index (κ3) is 5.27. The number of aryl methyl sites for hydroxylation is 1. The summed E-state index contributed by atoms with van der Waals surface area (Å²) in [6.45, 7) is 4.44. The van der Waals surface area contributed by atoms with Crippen LogP contribution in [-0.4, -0.2) is 38.9 Å². The SMILES string of the molecule is Cc1c(C(=O)Nc2ccc(Oc3ccccc3)cc2)sc2ncn(CC(=O)N3CCCC[C@H]3C)c(=O)c12. The maximum Gasteiger partial charge on any atom is 0.266 e. The number of piperidine rings is 1. The van der Waals surface area contributed by atoms with Crippen LogP contribution in [0.5, 0.6) is 11.5 Å². The van der Waals surface area contributed by atoms with Crippen LogP contribution in [0.1, 0.15) is 41.4 Å². The highest BCUT2D eigenvalue weighted by Gasteiger charge is 2.25. The van der Waals surface area contributed by atoms with E-state index in [9.17, 15) is 14.4 Å². The first kappa shape index (κ1) is 24.7. The van der Waals surface area contributed by atoms with Gasteiger partial charge in [-0.2, -0.15) is 0 Å². The Labute approximate surface area is 218 Å². The first-order chi connectivity index (χ1) is 17.9. The molecule has 2 aromatic heterocycles. The van der Waals surface area contributed by atoms with Crippen LogP contribution in [-0.2, 0) is 11.3 Å². The van der Waals surface area contributed by atoms with E-state index in [-0.39, 0.29) is 30.0 Å². The minimum absolute atomic E-state index is 0.0552. The summed E-state index contributed by atoms with van der Waals surface area (Å²) >= 11 is 1.17. The highest BCUT2D eigenvalue weighted by atomic mass is 32.1. The van der Waals surface area contributed by atoms with Crippen molar-refractivity contribution >= 4 is 39.1 Å². The molecule has 0 aliphatic carbocycles. The number of para-hydroxylation sites is 1. The third-order valence-corrected chi connectivity index (χ3v) is 7.84. The summed E-state index contributed by atoms with van der Waals surface area (Å²) in [6.07, 6.45) is 4.47. The van der Waals surface area contributed by atoms with Gasteiger partial charge in [-0.05, 0) is 75.1 Å². The zero-order chi connectivity index (χ0) is 25.9. The Kier molecular flexibility index (Phi) is 7.05. The molecule has 2 amide bonds. The molecular weight excluding hydrogens is 488 g/mol. The topological polar surface area (TPSA) is 93.5 Å².